The van der Waals surface area contributed by atoms with Gasteiger partial charge in [0.1, 0.15) is 24.8 Å². The van der Waals surface area contributed by atoms with Crippen molar-refractivity contribution in [3.8, 4) is 0 Å². The number of hydrogen-bond donors (Lipinski definition) is 0. The Kier molecular flexibility index (Phi) is 13.2. The van der Waals surface area contributed by atoms with E-state index in [0.29, 0.717) is 12.1 Å². The van der Waals surface area contributed by atoms with Gasteiger partial charge in [-0.2, -0.15) is 8.60 Å². The van der Waals surface area contributed by atoms with Crippen molar-refractivity contribution in [1.29, 1.82) is 0 Å². The molecule has 0 unspecified atom stereocenters. The molecule has 2 rings (SSSR count). The van der Waals surface area contributed by atoms with Crippen molar-refractivity contribution in [3.05, 3.63) is 37.4 Å². The molecule has 0 radical (unpaired) electrons. The molecule has 8 heteroatoms. The zero-order valence-corrected chi connectivity index (χ0v) is 18.1. The first kappa shape index (κ1) is 24.7. The van der Waals surface area contributed by atoms with Crippen molar-refractivity contribution >= 4 is 8.60 Å². The average molecular weight is 386 g/mol. The van der Waals surface area contributed by atoms with Crippen LogP contribution in [0, 0.1) is 0 Å². The van der Waals surface area contributed by atoms with Gasteiger partial charge in [0.15, 0.2) is 0 Å². The minimum atomic E-state index is -2.60. The van der Waals surface area contributed by atoms with Crippen LogP contribution in [0.1, 0.15) is 60.5 Å². The number of rotatable bonds is 6. The summed E-state index contributed by atoms with van der Waals surface area (Å²) in [5.41, 5.74) is 0. The van der Waals surface area contributed by atoms with Gasteiger partial charge in [0, 0.05) is 6.61 Å². The number of aryl methyl sites for hydroxylation is 2. The lowest BCUT2D eigenvalue weighted by molar-refractivity contribution is -0.693. The molecule has 0 aromatic carbocycles. The number of aromatic nitrogens is 4. The van der Waals surface area contributed by atoms with E-state index in [1.807, 2.05) is 0 Å². The Morgan fingerprint density at radius 1 is 0.846 bits per heavy atom. The van der Waals surface area contributed by atoms with Crippen molar-refractivity contribution in [3.63, 3.8) is 0 Å². The van der Waals surface area contributed by atoms with Crippen LogP contribution in [0.2, 0.25) is 0 Å². The van der Waals surface area contributed by atoms with Crippen LogP contribution in [0.15, 0.2) is 37.4 Å². The molecule has 7 nitrogen and oxygen atoms in total. The van der Waals surface area contributed by atoms with Gasteiger partial charge in [0.2, 0.25) is 12.7 Å². The highest BCUT2D eigenvalue weighted by Crippen LogP contribution is 2.10. The van der Waals surface area contributed by atoms with E-state index in [-0.39, 0.29) is 6.61 Å². The standard InChI is InChI=1S/2C8H15N2.C2H5O3P/c2*1-4-9-5-6-10(7-9)8(2)3;1-2-5-6(3)4/h2*5-8H,4H2,1-3H3;2H2,1H3/q2*+1;-2. The van der Waals surface area contributed by atoms with Crippen LogP contribution < -0.4 is 18.9 Å². The maximum Gasteiger partial charge on any atom is 0.243 e. The molecule has 0 atom stereocenters. The summed E-state index contributed by atoms with van der Waals surface area (Å²) in [5, 5.41) is 0. The van der Waals surface area contributed by atoms with Gasteiger partial charge in [-0.3, -0.25) is 0 Å². The third-order valence-corrected chi connectivity index (χ3v) is 4.05. The highest BCUT2D eigenvalue weighted by Gasteiger charge is 2.04. The van der Waals surface area contributed by atoms with Crippen LogP contribution in [0.25, 0.3) is 0 Å². The summed E-state index contributed by atoms with van der Waals surface area (Å²) < 4.78 is 12.7. The van der Waals surface area contributed by atoms with Gasteiger partial charge in [-0.15, -0.1) is 0 Å². The minimum Gasteiger partial charge on any atom is -0.820 e. The highest BCUT2D eigenvalue weighted by molar-refractivity contribution is 7.36. The molecule has 0 N–H and O–H groups in total. The van der Waals surface area contributed by atoms with Crippen molar-refractivity contribution in [2.45, 2.75) is 73.6 Å². The second-order valence-corrected chi connectivity index (χ2v) is 6.92. The van der Waals surface area contributed by atoms with E-state index < -0.39 is 8.60 Å². The molecular formula is C18H35N4O3P. The molecule has 0 aliphatic carbocycles. The normalized spacial score (nSPS) is 10.6. The fourth-order valence-corrected chi connectivity index (χ4v) is 2.12. The van der Waals surface area contributed by atoms with Gasteiger partial charge in [0.25, 0.3) is 0 Å². The van der Waals surface area contributed by atoms with Crippen molar-refractivity contribution in [2.75, 3.05) is 6.61 Å². The Bertz CT molecular complexity index is 536. The summed E-state index contributed by atoms with van der Waals surface area (Å²) in [6.07, 6.45) is 12.7. The second kappa shape index (κ2) is 13.9. The van der Waals surface area contributed by atoms with Crippen molar-refractivity contribution < 1.29 is 23.4 Å². The molecule has 0 amide bonds. The summed E-state index contributed by atoms with van der Waals surface area (Å²) in [5.74, 6) is 0. The molecule has 0 saturated carbocycles. The quantitative estimate of drug-likeness (QED) is 0.561. The summed E-state index contributed by atoms with van der Waals surface area (Å²) in [4.78, 5) is 18.8. The van der Waals surface area contributed by atoms with Gasteiger partial charge >= 0.3 is 0 Å². The summed E-state index contributed by atoms with van der Waals surface area (Å²) >= 11 is 0. The zero-order valence-electron chi connectivity index (χ0n) is 17.2. The third-order valence-electron chi connectivity index (χ3n) is 3.58. The van der Waals surface area contributed by atoms with Crippen LogP contribution in [0.5, 0.6) is 0 Å². The van der Waals surface area contributed by atoms with Crippen LogP contribution in [-0.4, -0.2) is 15.7 Å². The predicted octanol–water partition coefficient (Wildman–Crippen LogP) is 1.72. The highest BCUT2D eigenvalue weighted by atomic mass is 31.2. The molecule has 0 saturated heterocycles. The number of hydrogen-bond acceptors (Lipinski definition) is 3. The molecule has 0 bridgehead atoms. The van der Waals surface area contributed by atoms with Gasteiger partial charge in [0.05, 0.1) is 25.2 Å². The SMILES string of the molecule is CCOP([O-])[O-].CC[n+]1ccn(C(C)C)c1.CC[n+]1ccn(C(C)C)c1. The first-order valence-corrected chi connectivity index (χ1v) is 10.2. The zero-order chi connectivity index (χ0) is 20.1. The van der Waals surface area contributed by atoms with Crippen molar-refractivity contribution in [2.24, 2.45) is 0 Å². The Labute approximate surface area is 159 Å². The Hall–Kier alpha value is -1.27. The van der Waals surface area contributed by atoms with Crippen LogP contribution in [0.3, 0.4) is 0 Å². The van der Waals surface area contributed by atoms with E-state index in [0.717, 1.165) is 13.1 Å². The maximum atomic E-state index is 9.41. The van der Waals surface area contributed by atoms with E-state index in [2.05, 4.69) is 102 Å². The van der Waals surface area contributed by atoms with Crippen LogP contribution in [0.4, 0.5) is 0 Å². The molecule has 26 heavy (non-hydrogen) atoms. The van der Waals surface area contributed by atoms with Gasteiger partial charge < -0.3 is 14.3 Å². The Morgan fingerprint density at radius 3 is 1.35 bits per heavy atom. The lowest BCUT2D eigenvalue weighted by atomic mass is 10.4. The lowest BCUT2D eigenvalue weighted by Crippen LogP contribution is -2.29. The first-order chi connectivity index (χ1) is 12.2. The van der Waals surface area contributed by atoms with E-state index in [1.54, 1.807) is 6.92 Å². The van der Waals surface area contributed by atoms with E-state index in [9.17, 15) is 9.79 Å². The van der Waals surface area contributed by atoms with E-state index >= 15 is 0 Å². The Morgan fingerprint density at radius 2 is 1.23 bits per heavy atom. The lowest BCUT2D eigenvalue weighted by Gasteiger charge is -2.27. The maximum absolute atomic E-state index is 9.41. The summed E-state index contributed by atoms with van der Waals surface area (Å²) in [6, 6.07) is 1.15. The largest absolute Gasteiger partial charge is 0.820 e. The van der Waals surface area contributed by atoms with Crippen LogP contribution in [-0.2, 0) is 17.6 Å². The molecule has 0 aliphatic rings. The van der Waals surface area contributed by atoms with Gasteiger partial charge in [-0.25, -0.2) is 18.3 Å². The monoisotopic (exact) mass is 386 g/mol. The molecular weight excluding hydrogens is 351 g/mol. The molecule has 2 aromatic rings. The predicted molar refractivity (Wildman–Crippen MR) is 99.9 cm³/mol. The van der Waals surface area contributed by atoms with E-state index in [1.165, 1.54) is 0 Å². The summed E-state index contributed by atoms with van der Waals surface area (Å²) in [7, 11) is -2.60. The molecule has 0 spiro atoms. The fraction of sp³-hybridized carbons (Fsp3) is 0.667. The van der Waals surface area contributed by atoms with Crippen molar-refractivity contribution in [1.82, 2.24) is 9.13 Å². The minimum absolute atomic E-state index is 0.235. The third kappa shape index (κ3) is 10.7. The average Bonchev–Trinajstić information content (AvgIpc) is 3.25. The first-order valence-electron chi connectivity index (χ1n) is 9.15. The molecule has 2 aromatic heterocycles. The topological polar surface area (TPSA) is 73.0 Å². The van der Waals surface area contributed by atoms with E-state index in [4.69, 9.17) is 0 Å². The summed E-state index contributed by atoms with van der Waals surface area (Å²) in [6.45, 7) is 17.0. The molecule has 0 fully saturated rings. The molecule has 2 heterocycles. The molecule has 150 valence electrons. The number of nitrogens with zero attached hydrogens (tertiary/aromatic N) is 4. The van der Waals surface area contributed by atoms with Crippen LogP contribution >= 0.6 is 8.60 Å². The van der Waals surface area contributed by atoms with Gasteiger partial charge in [-0.1, -0.05) is 0 Å². The number of imidazole rings is 2. The Balaban J connectivity index is 0.000000375. The smallest absolute Gasteiger partial charge is 0.243 e. The second-order valence-electron chi connectivity index (χ2n) is 6.21. The fourth-order valence-electron chi connectivity index (χ4n) is 1.91. The molecule has 0 aliphatic heterocycles. The van der Waals surface area contributed by atoms with Gasteiger partial charge in [-0.05, 0) is 48.5 Å².